The number of hydrogen-bond donors (Lipinski definition) is 0. The summed E-state index contributed by atoms with van der Waals surface area (Å²) in [5.41, 5.74) is 2.14. The van der Waals surface area contributed by atoms with Crippen molar-refractivity contribution in [3.8, 4) is 0 Å². The first kappa shape index (κ1) is 16.1. The van der Waals surface area contributed by atoms with E-state index in [9.17, 15) is 4.79 Å². The van der Waals surface area contributed by atoms with Gasteiger partial charge in [-0.25, -0.2) is 4.99 Å². The number of isothiocyanates is 1. The number of nitrogens with zero attached hydrogens (tertiary/aromatic N) is 2. The Hall–Kier alpha value is -2.29. The standard InChI is InChI=1S/C18H18N2OS/c1-20(13-16-10-6-3-7-11-16)18(21)17(19-14-22)12-15-8-4-2-5-9-15/h2-11,17H,12-13H2,1H3/t17-/m0/s1. The van der Waals surface area contributed by atoms with Gasteiger partial charge in [0.2, 0.25) is 5.91 Å². The number of carbonyl (C=O) groups is 1. The topological polar surface area (TPSA) is 32.7 Å². The third-order valence-electron chi connectivity index (χ3n) is 3.40. The summed E-state index contributed by atoms with van der Waals surface area (Å²) >= 11 is 4.69. The molecule has 0 aromatic heterocycles. The van der Waals surface area contributed by atoms with Crippen LogP contribution in [0.4, 0.5) is 0 Å². The molecule has 112 valence electrons. The van der Waals surface area contributed by atoms with Crippen LogP contribution in [-0.2, 0) is 17.8 Å². The summed E-state index contributed by atoms with van der Waals surface area (Å²) in [5.74, 6) is -0.0509. The number of aliphatic imine (C=N–C) groups is 1. The van der Waals surface area contributed by atoms with Crippen LogP contribution in [0.1, 0.15) is 11.1 Å². The van der Waals surface area contributed by atoms with Crippen LogP contribution >= 0.6 is 12.2 Å². The van der Waals surface area contributed by atoms with Crippen molar-refractivity contribution in [1.82, 2.24) is 4.90 Å². The lowest BCUT2D eigenvalue weighted by molar-refractivity contribution is -0.131. The minimum Gasteiger partial charge on any atom is -0.340 e. The number of likely N-dealkylation sites (N-methyl/N-ethyl adjacent to an activating group) is 1. The number of amides is 1. The van der Waals surface area contributed by atoms with Crippen molar-refractivity contribution >= 4 is 23.3 Å². The van der Waals surface area contributed by atoms with Gasteiger partial charge in [0.05, 0.1) is 5.16 Å². The summed E-state index contributed by atoms with van der Waals surface area (Å²) in [6.45, 7) is 0.553. The Balaban J connectivity index is 2.07. The minimum atomic E-state index is -0.520. The first-order chi connectivity index (χ1) is 10.7. The maximum atomic E-state index is 12.6. The van der Waals surface area contributed by atoms with Gasteiger partial charge >= 0.3 is 0 Å². The predicted molar refractivity (Wildman–Crippen MR) is 91.9 cm³/mol. The summed E-state index contributed by atoms with van der Waals surface area (Å²) in [6.07, 6.45) is 0.530. The first-order valence-corrected chi connectivity index (χ1v) is 7.51. The van der Waals surface area contributed by atoms with E-state index in [0.717, 1.165) is 11.1 Å². The van der Waals surface area contributed by atoms with Crippen LogP contribution in [0.5, 0.6) is 0 Å². The molecule has 0 unspecified atom stereocenters. The molecule has 1 atom stereocenters. The van der Waals surface area contributed by atoms with Crippen LogP contribution in [0.3, 0.4) is 0 Å². The Morgan fingerprint density at radius 2 is 1.64 bits per heavy atom. The molecule has 4 heteroatoms. The van der Waals surface area contributed by atoms with Gasteiger partial charge in [0.1, 0.15) is 6.04 Å². The highest BCUT2D eigenvalue weighted by Crippen LogP contribution is 2.10. The fraction of sp³-hybridized carbons (Fsp3) is 0.222. The zero-order chi connectivity index (χ0) is 15.8. The van der Waals surface area contributed by atoms with Gasteiger partial charge in [0, 0.05) is 20.0 Å². The number of rotatable bonds is 6. The molecule has 0 N–H and O–H groups in total. The molecule has 0 spiro atoms. The molecule has 0 saturated carbocycles. The Morgan fingerprint density at radius 3 is 2.18 bits per heavy atom. The van der Waals surface area contributed by atoms with Crippen molar-refractivity contribution in [3.05, 3.63) is 71.8 Å². The van der Waals surface area contributed by atoms with E-state index in [1.165, 1.54) is 0 Å². The van der Waals surface area contributed by atoms with E-state index in [1.54, 1.807) is 11.9 Å². The van der Waals surface area contributed by atoms with Crippen LogP contribution in [0.15, 0.2) is 65.7 Å². The molecule has 0 heterocycles. The molecule has 0 bridgehead atoms. The van der Waals surface area contributed by atoms with Crippen LogP contribution in [0.25, 0.3) is 0 Å². The number of benzene rings is 2. The highest BCUT2D eigenvalue weighted by Gasteiger charge is 2.21. The summed E-state index contributed by atoms with van der Waals surface area (Å²) in [7, 11) is 1.78. The van der Waals surface area contributed by atoms with Crippen LogP contribution in [0.2, 0.25) is 0 Å². The van der Waals surface area contributed by atoms with Crippen molar-refractivity contribution < 1.29 is 4.79 Å². The van der Waals surface area contributed by atoms with Gasteiger partial charge < -0.3 is 4.90 Å². The monoisotopic (exact) mass is 310 g/mol. The lowest BCUT2D eigenvalue weighted by Gasteiger charge is -2.21. The van der Waals surface area contributed by atoms with Gasteiger partial charge in [-0.15, -0.1) is 0 Å². The summed E-state index contributed by atoms with van der Waals surface area (Å²) < 4.78 is 0. The van der Waals surface area contributed by atoms with Crippen LogP contribution < -0.4 is 0 Å². The number of carbonyl (C=O) groups excluding carboxylic acids is 1. The highest BCUT2D eigenvalue weighted by atomic mass is 32.1. The van der Waals surface area contributed by atoms with Crippen molar-refractivity contribution in [2.45, 2.75) is 19.0 Å². The molecule has 22 heavy (non-hydrogen) atoms. The van der Waals surface area contributed by atoms with E-state index in [2.05, 4.69) is 10.2 Å². The molecule has 2 rings (SSSR count). The molecule has 0 aliphatic rings. The van der Waals surface area contributed by atoms with E-state index >= 15 is 0 Å². The zero-order valence-electron chi connectivity index (χ0n) is 12.5. The molecule has 1 amide bonds. The van der Waals surface area contributed by atoms with Crippen LogP contribution in [0, 0.1) is 0 Å². The molecule has 0 aliphatic carbocycles. The summed E-state index contributed by atoms with van der Waals surface area (Å²) in [6, 6.07) is 19.2. The van der Waals surface area contributed by atoms with Gasteiger partial charge in [-0.1, -0.05) is 60.7 Å². The zero-order valence-corrected chi connectivity index (χ0v) is 13.3. The predicted octanol–water partition coefficient (Wildman–Crippen LogP) is 3.36. The van der Waals surface area contributed by atoms with E-state index in [0.29, 0.717) is 13.0 Å². The summed E-state index contributed by atoms with van der Waals surface area (Å²) in [5, 5.41) is 2.35. The second-order valence-electron chi connectivity index (χ2n) is 5.11. The largest absolute Gasteiger partial charge is 0.340 e. The van der Waals surface area contributed by atoms with Gasteiger partial charge in [0.15, 0.2) is 0 Å². The van der Waals surface area contributed by atoms with Gasteiger partial charge in [-0.05, 0) is 23.3 Å². The second kappa shape index (κ2) is 8.23. The van der Waals surface area contributed by atoms with E-state index in [1.807, 2.05) is 60.7 Å². The maximum absolute atomic E-state index is 12.6. The minimum absolute atomic E-state index is 0.0509. The van der Waals surface area contributed by atoms with Crippen LogP contribution in [-0.4, -0.2) is 29.1 Å². The Labute approximate surface area is 136 Å². The van der Waals surface area contributed by atoms with E-state index in [4.69, 9.17) is 12.2 Å². The third kappa shape index (κ3) is 4.62. The van der Waals surface area contributed by atoms with Crippen molar-refractivity contribution in [3.63, 3.8) is 0 Å². The first-order valence-electron chi connectivity index (χ1n) is 7.10. The molecule has 0 saturated heterocycles. The Morgan fingerprint density at radius 1 is 1.09 bits per heavy atom. The van der Waals surface area contributed by atoms with Crippen molar-refractivity contribution in [1.29, 1.82) is 0 Å². The van der Waals surface area contributed by atoms with Gasteiger partial charge in [-0.3, -0.25) is 4.79 Å². The fourth-order valence-corrected chi connectivity index (χ4v) is 2.41. The molecule has 2 aromatic carbocycles. The van der Waals surface area contributed by atoms with E-state index in [-0.39, 0.29) is 5.91 Å². The lowest BCUT2D eigenvalue weighted by atomic mass is 10.1. The average Bonchev–Trinajstić information content (AvgIpc) is 2.55. The molecule has 0 fully saturated rings. The SMILES string of the molecule is CN(Cc1ccccc1)C(=O)[C@H](Cc1ccccc1)N=C=S. The Kier molecular flexibility index (Phi) is 6.01. The fourth-order valence-electron chi connectivity index (χ4n) is 2.28. The van der Waals surface area contributed by atoms with E-state index < -0.39 is 6.04 Å². The third-order valence-corrected chi connectivity index (χ3v) is 3.51. The van der Waals surface area contributed by atoms with Gasteiger partial charge in [-0.2, -0.15) is 0 Å². The van der Waals surface area contributed by atoms with Crippen molar-refractivity contribution in [2.75, 3.05) is 7.05 Å². The Bertz CT molecular complexity index is 651. The second-order valence-corrected chi connectivity index (χ2v) is 5.29. The average molecular weight is 310 g/mol. The normalized spacial score (nSPS) is 11.3. The molecular formula is C18H18N2OS. The molecule has 0 aliphatic heterocycles. The number of hydrogen-bond acceptors (Lipinski definition) is 3. The number of thiocarbonyl (C=S) groups is 1. The molecule has 3 nitrogen and oxygen atoms in total. The quantitative estimate of drug-likeness (QED) is 0.605. The molecular weight excluding hydrogens is 292 g/mol. The maximum Gasteiger partial charge on any atom is 0.248 e. The van der Waals surface area contributed by atoms with Crippen molar-refractivity contribution in [2.24, 2.45) is 4.99 Å². The summed E-state index contributed by atoms with van der Waals surface area (Å²) in [4.78, 5) is 18.3. The highest BCUT2D eigenvalue weighted by molar-refractivity contribution is 7.78. The van der Waals surface area contributed by atoms with Gasteiger partial charge in [0.25, 0.3) is 0 Å². The molecule has 0 radical (unpaired) electrons. The smallest absolute Gasteiger partial charge is 0.248 e. The lowest BCUT2D eigenvalue weighted by Crippen LogP contribution is -2.36. The molecule has 2 aromatic rings.